The predicted molar refractivity (Wildman–Crippen MR) is 77.4 cm³/mol. The Morgan fingerprint density at radius 3 is 2.81 bits per heavy atom. The normalized spacial score (nSPS) is 10.8. The minimum atomic E-state index is -1.10. The molecule has 2 heterocycles. The summed E-state index contributed by atoms with van der Waals surface area (Å²) in [5.74, 6) is -0.852. The van der Waals surface area contributed by atoms with Crippen LogP contribution in [0.4, 0.5) is 0 Å². The largest absolute Gasteiger partial charge is 0.485 e. The molecule has 0 atom stereocenters. The van der Waals surface area contributed by atoms with Gasteiger partial charge < -0.3 is 9.84 Å². The van der Waals surface area contributed by atoms with Crippen molar-refractivity contribution < 1.29 is 14.6 Å². The van der Waals surface area contributed by atoms with Crippen molar-refractivity contribution in [3.8, 4) is 5.75 Å². The molecular weight excluding hydrogens is 270 g/mol. The lowest BCUT2D eigenvalue weighted by Crippen LogP contribution is -2.09. The Morgan fingerprint density at radius 2 is 2.14 bits per heavy atom. The molecule has 0 unspecified atom stereocenters. The molecule has 0 saturated carbocycles. The molecule has 2 aromatic heterocycles. The lowest BCUT2D eigenvalue weighted by Gasteiger charge is -2.12. The highest BCUT2D eigenvalue weighted by molar-refractivity contribution is 5.88. The zero-order valence-corrected chi connectivity index (χ0v) is 12.2. The summed E-state index contributed by atoms with van der Waals surface area (Å²) in [5, 5.41) is 13.5. The van der Waals surface area contributed by atoms with Gasteiger partial charge in [0.05, 0.1) is 11.7 Å². The molecule has 2 aromatic rings. The van der Waals surface area contributed by atoms with Crippen LogP contribution in [0.3, 0.4) is 0 Å². The maximum atomic E-state index is 11.0. The SMILES string of the molecule is CCC(CC)n1ccc(COc2cccnc2C(=O)O)n1. The van der Waals surface area contributed by atoms with Crippen LogP contribution in [-0.4, -0.2) is 25.8 Å². The highest BCUT2D eigenvalue weighted by Crippen LogP contribution is 2.18. The Balaban J connectivity index is 2.05. The molecule has 6 heteroatoms. The fourth-order valence-electron chi connectivity index (χ4n) is 2.14. The Kier molecular flexibility index (Phi) is 4.92. The summed E-state index contributed by atoms with van der Waals surface area (Å²) in [4.78, 5) is 14.8. The van der Waals surface area contributed by atoms with E-state index in [1.54, 1.807) is 12.1 Å². The molecular formula is C15H19N3O3. The van der Waals surface area contributed by atoms with Gasteiger partial charge >= 0.3 is 5.97 Å². The van der Waals surface area contributed by atoms with Crippen molar-refractivity contribution in [1.82, 2.24) is 14.8 Å². The van der Waals surface area contributed by atoms with E-state index in [-0.39, 0.29) is 18.1 Å². The minimum Gasteiger partial charge on any atom is -0.485 e. The van der Waals surface area contributed by atoms with Crippen LogP contribution < -0.4 is 4.74 Å². The number of carbonyl (C=O) groups is 1. The molecule has 0 aliphatic carbocycles. The van der Waals surface area contributed by atoms with Crippen molar-refractivity contribution in [1.29, 1.82) is 0 Å². The maximum Gasteiger partial charge on any atom is 0.358 e. The van der Waals surface area contributed by atoms with Crippen LogP contribution in [0, 0.1) is 0 Å². The molecule has 0 amide bonds. The first-order valence-electron chi connectivity index (χ1n) is 7.00. The number of aromatic nitrogens is 3. The lowest BCUT2D eigenvalue weighted by molar-refractivity contribution is 0.0684. The fraction of sp³-hybridized carbons (Fsp3) is 0.400. The topological polar surface area (TPSA) is 77.2 Å². The summed E-state index contributed by atoms with van der Waals surface area (Å²) in [5.41, 5.74) is 0.680. The molecule has 0 saturated heterocycles. The van der Waals surface area contributed by atoms with Gasteiger partial charge in [0.1, 0.15) is 6.61 Å². The number of pyridine rings is 1. The number of hydrogen-bond donors (Lipinski definition) is 1. The lowest BCUT2D eigenvalue weighted by atomic mass is 10.2. The van der Waals surface area contributed by atoms with Crippen molar-refractivity contribution in [2.45, 2.75) is 39.3 Å². The molecule has 0 spiro atoms. The quantitative estimate of drug-likeness (QED) is 0.848. The van der Waals surface area contributed by atoms with Crippen molar-refractivity contribution in [3.63, 3.8) is 0 Å². The Morgan fingerprint density at radius 1 is 1.38 bits per heavy atom. The maximum absolute atomic E-state index is 11.0. The summed E-state index contributed by atoms with van der Waals surface area (Å²) in [6.45, 7) is 4.47. The zero-order valence-electron chi connectivity index (χ0n) is 12.2. The van der Waals surface area contributed by atoms with Gasteiger partial charge in [0.15, 0.2) is 11.4 Å². The van der Waals surface area contributed by atoms with Crippen LogP contribution in [0.15, 0.2) is 30.6 Å². The average Bonchev–Trinajstić information content (AvgIpc) is 2.95. The van der Waals surface area contributed by atoms with E-state index in [0.29, 0.717) is 6.04 Å². The third kappa shape index (κ3) is 3.59. The van der Waals surface area contributed by atoms with Crippen molar-refractivity contribution >= 4 is 5.97 Å². The molecule has 6 nitrogen and oxygen atoms in total. The standard InChI is InChI=1S/C15H19N3O3/c1-3-12(4-2)18-9-7-11(17-18)10-21-13-6-5-8-16-14(13)15(19)20/h5-9,12H,3-4,10H2,1-2H3,(H,19,20). The highest BCUT2D eigenvalue weighted by atomic mass is 16.5. The number of nitrogens with zero attached hydrogens (tertiary/aromatic N) is 3. The van der Waals surface area contributed by atoms with Gasteiger partial charge in [0, 0.05) is 12.4 Å². The van der Waals surface area contributed by atoms with Gasteiger partial charge in [-0.2, -0.15) is 5.10 Å². The summed E-state index contributed by atoms with van der Waals surface area (Å²) >= 11 is 0. The van der Waals surface area contributed by atoms with Crippen LogP contribution in [0.5, 0.6) is 5.75 Å². The van der Waals surface area contributed by atoms with Gasteiger partial charge in [-0.05, 0) is 31.0 Å². The molecule has 21 heavy (non-hydrogen) atoms. The minimum absolute atomic E-state index is 0.0862. The molecule has 2 rings (SSSR count). The monoisotopic (exact) mass is 289 g/mol. The van der Waals surface area contributed by atoms with Crippen LogP contribution in [0.1, 0.15) is 48.9 Å². The second-order valence-corrected chi connectivity index (χ2v) is 4.70. The van der Waals surface area contributed by atoms with Gasteiger partial charge in [-0.3, -0.25) is 4.68 Å². The van der Waals surface area contributed by atoms with E-state index in [2.05, 4.69) is 23.9 Å². The number of carboxylic acids is 1. The first-order valence-corrected chi connectivity index (χ1v) is 7.00. The van der Waals surface area contributed by atoms with Gasteiger partial charge in [-0.15, -0.1) is 0 Å². The molecule has 0 bridgehead atoms. The average molecular weight is 289 g/mol. The molecule has 0 aliphatic rings. The predicted octanol–water partition coefficient (Wildman–Crippen LogP) is 2.92. The smallest absolute Gasteiger partial charge is 0.358 e. The molecule has 0 fully saturated rings. The fourth-order valence-corrected chi connectivity index (χ4v) is 2.14. The first-order chi connectivity index (χ1) is 10.2. The number of rotatable bonds is 7. The van der Waals surface area contributed by atoms with E-state index in [1.165, 1.54) is 6.20 Å². The molecule has 112 valence electrons. The third-order valence-electron chi connectivity index (χ3n) is 3.33. The zero-order chi connectivity index (χ0) is 15.2. The van der Waals surface area contributed by atoms with Gasteiger partial charge in [0.25, 0.3) is 0 Å². The third-order valence-corrected chi connectivity index (χ3v) is 3.33. The van der Waals surface area contributed by atoms with Crippen LogP contribution in [0.25, 0.3) is 0 Å². The van der Waals surface area contributed by atoms with Crippen molar-refractivity contribution in [2.24, 2.45) is 0 Å². The summed E-state index contributed by atoms with van der Waals surface area (Å²) in [6.07, 6.45) is 5.39. The van der Waals surface area contributed by atoms with Gasteiger partial charge in [0.2, 0.25) is 0 Å². The van der Waals surface area contributed by atoms with Crippen LogP contribution >= 0.6 is 0 Å². The second kappa shape index (κ2) is 6.88. The van der Waals surface area contributed by atoms with E-state index in [0.717, 1.165) is 18.5 Å². The van der Waals surface area contributed by atoms with Crippen molar-refractivity contribution in [2.75, 3.05) is 0 Å². The van der Waals surface area contributed by atoms with E-state index < -0.39 is 5.97 Å². The van der Waals surface area contributed by atoms with E-state index in [1.807, 2.05) is 16.9 Å². The Bertz CT molecular complexity index is 606. The first kappa shape index (κ1) is 15.0. The highest BCUT2D eigenvalue weighted by Gasteiger charge is 2.13. The van der Waals surface area contributed by atoms with E-state index >= 15 is 0 Å². The number of ether oxygens (including phenoxy) is 1. The Labute approximate surface area is 123 Å². The van der Waals surface area contributed by atoms with Gasteiger partial charge in [-0.25, -0.2) is 9.78 Å². The molecule has 1 N–H and O–H groups in total. The summed E-state index contributed by atoms with van der Waals surface area (Å²) < 4.78 is 7.46. The number of hydrogen-bond acceptors (Lipinski definition) is 4. The molecule has 0 aromatic carbocycles. The number of carboxylic acid groups (broad SMARTS) is 1. The summed E-state index contributed by atoms with van der Waals surface area (Å²) in [6, 6.07) is 5.50. The van der Waals surface area contributed by atoms with Crippen LogP contribution in [-0.2, 0) is 6.61 Å². The molecule has 0 radical (unpaired) electrons. The van der Waals surface area contributed by atoms with Crippen LogP contribution in [0.2, 0.25) is 0 Å². The van der Waals surface area contributed by atoms with Crippen molar-refractivity contribution in [3.05, 3.63) is 42.0 Å². The molecule has 0 aliphatic heterocycles. The van der Waals surface area contributed by atoms with E-state index in [9.17, 15) is 4.79 Å². The van der Waals surface area contributed by atoms with Gasteiger partial charge in [-0.1, -0.05) is 13.8 Å². The van der Waals surface area contributed by atoms with E-state index in [4.69, 9.17) is 9.84 Å². The summed E-state index contributed by atoms with van der Waals surface area (Å²) in [7, 11) is 0. The Hall–Kier alpha value is -2.37. The second-order valence-electron chi connectivity index (χ2n) is 4.70. The number of aromatic carboxylic acids is 1.